The molecular formula is C16H19F3N2O3. The van der Waals surface area contributed by atoms with Gasteiger partial charge in [-0.2, -0.15) is 13.2 Å². The van der Waals surface area contributed by atoms with Gasteiger partial charge in [-0.1, -0.05) is 12.1 Å². The minimum atomic E-state index is -4.45. The SMILES string of the molecule is CC(C)Oc1ccccc1C(=O)N[C@@H]1CC(=O)N(CC(F)(F)F)C1. The minimum absolute atomic E-state index is 0.130. The topological polar surface area (TPSA) is 58.6 Å². The fourth-order valence-corrected chi connectivity index (χ4v) is 2.51. The Morgan fingerprint density at radius 3 is 2.67 bits per heavy atom. The first kappa shape index (κ1) is 18.1. The van der Waals surface area contributed by atoms with Gasteiger partial charge < -0.3 is 15.0 Å². The van der Waals surface area contributed by atoms with Gasteiger partial charge in [-0.25, -0.2) is 0 Å². The molecule has 0 spiro atoms. The summed E-state index contributed by atoms with van der Waals surface area (Å²) in [7, 11) is 0. The van der Waals surface area contributed by atoms with Gasteiger partial charge in [0.15, 0.2) is 0 Å². The number of hydrogen-bond acceptors (Lipinski definition) is 3. The van der Waals surface area contributed by atoms with Crippen LogP contribution in [-0.2, 0) is 4.79 Å². The summed E-state index contributed by atoms with van der Waals surface area (Å²) in [6.45, 7) is 2.18. The standard InChI is InChI=1S/C16H19F3N2O3/c1-10(2)24-13-6-4-3-5-12(13)15(23)20-11-7-14(22)21(8-11)9-16(17,18)19/h3-6,10-11H,7-9H2,1-2H3,(H,20,23)/t11-/m1/s1. The molecule has 0 aromatic heterocycles. The second-order valence-electron chi connectivity index (χ2n) is 5.93. The lowest BCUT2D eigenvalue weighted by molar-refractivity contribution is -0.157. The fraction of sp³-hybridized carbons (Fsp3) is 0.500. The number of rotatable bonds is 5. The Kier molecular flexibility index (Phi) is 5.36. The molecule has 1 heterocycles. The lowest BCUT2D eigenvalue weighted by Gasteiger charge is -2.19. The molecule has 1 aliphatic heterocycles. The molecule has 2 rings (SSSR count). The molecule has 0 unspecified atom stereocenters. The van der Waals surface area contributed by atoms with Crippen LogP contribution in [0.15, 0.2) is 24.3 Å². The number of likely N-dealkylation sites (tertiary alicyclic amines) is 1. The molecule has 1 aromatic rings. The summed E-state index contributed by atoms with van der Waals surface area (Å²) >= 11 is 0. The number of ether oxygens (including phenoxy) is 1. The Balaban J connectivity index is 2.02. The summed E-state index contributed by atoms with van der Waals surface area (Å²) in [5.74, 6) is -0.705. The van der Waals surface area contributed by atoms with Crippen LogP contribution >= 0.6 is 0 Å². The number of halogens is 3. The van der Waals surface area contributed by atoms with Gasteiger partial charge in [-0.15, -0.1) is 0 Å². The van der Waals surface area contributed by atoms with Crippen molar-refractivity contribution in [2.75, 3.05) is 13.1 Å². The van der Waals surface area contributed by atoms with Crippen molar-refractivity contribution in [1.29, 1.82) is 0 Å². The molecule has 1 aliphatic rings. The average molecular weight is 344 g/mol. The second-order valence-corrected chi connectivity index (χ2v) is 5.93. The number of alkyl halides is 3. The second kappa shape index (κ2) is 7.11. The highest BCUT2D eigenvalue weighted by molar-refractivity contribution is 5.97. The molecule has 1 fully saturated rings. The van der Waals surface area contributed by atoms with E-state index in [0.29, 0.717) is 10.6 Å². The highest BCUT2D eigenvalue weighted by Crippen LogP contribution is 2.22. The van der Waals surface area contributed by atoms with Crippen LogP contribution < -0.4 is 10.1 Å². The maximum atomic E-state index is 12.4. The summed E-state index contributed by atoms with van der Waals surface area (Å²) in [5.41, 5.74) is 0.285. The third-order valence-electron chi connectivity index (χ3n) is 3.41. The predicted molar refractivity (Wildman–Crippen MR) is 80.7 cm³/mol. The van der Waals surface area contributed by atoms with Crippen molar-refractivity contribution in [1.82, 2.24) is 10.2 Å². The maximum absolute atomic E-state index is 12.4. The van der Waals surface area contributed by atoms with Gasteiger partial charge in [0, 0.05) is 13.0 Å². The highest BCUT2D eigenvalue weighted by atomic mass is 19.4. The molecule has 0 bridgehead atoms. The van der Waals surface area contributed by atoms with Crippen molar-refractivity contribution in [2.24, 2.45) is 0 Å². The first-order valence-corrected chi connectivity index (χ1v) is 7.57. The molecule has 24 heavy (non-hydrogen) atoms. The van der Waals surface area contributed by atoms with Gasteiger partial charge in [0.25, 0.3) is 5.91 Å². The number of carbonyl (C=O) groups excluding carboxylic acids is 2. The number of benzene rings is 1. The number of nitrogens with one attached hydrogen (secondary N) is 1. The Labute approximate surface area is 137 Å². The molecule has 1 aromatic carbocycles. The minimum Gasteiger partial charge on any atom is -0.490 e. The number of hydrogen-bond donors (Lipinski definition) is 1. The van der Waals surface area contributed by atoms with Crippen LogP contribution in [-0.4, -0.2) is 48.1 Å². The van der Waals surface area contributed by atoms with Gasteiger partial charge in [-0.3, -0.25) is 9.59 Å². The molecule has 0 aliphatic carbocycles. The van der Waals surface area contributed by atoms with E-state index in [9.17, 15) is 22.8 Å². The molecule has 1 N–H and O–H groups in total. The first-order chi connectivity index (χ1) is 11.2. The monoisotopic (exact) mass is 344 g/mol. The smallest absolute Gasteiger partial charge is 0.406 e. The van der Waals surface area contributed by atoms with Crippen molar-refractivity contribution in [2.45, 2.75) is 38.6 Å². The van der Waals surface area contributed by atoms with Crippen molar-refractivity contribution in [3.8, 4) is 5.75 Å². The predicted octanol–water partition coefficient (Wildman–Crippen LogP) is 2.37. The zero-order valence-corrected chi connectivity index (χ0v) is 13.4. The zero-order valence-electron chi connectivity index (χ0n) is 13.4. The molecule has 1 saturated heterocycles. The number of nitrogens with zero attached hydrogens (tertiary/aromatic N) is 1. The number of para-hydroxylation sites is 1. The molecule has 5 nitrogen and oxygen atoms in total. The lowest BCUT2D eigenvalue weighted by Crippen LogP contribution is -2.39. The van der Waals surface area contributed by atoms with E-state index < -0.39 is 30.6 Å². The van der Waals surface area contributed by atoms with Gasteiger partial charge in [0.1, 0.15) is 12.3 Å². The van der Waals surface area contributed by atoms with E-state index in [1.165, 1.54) is 0 Å². The van der Waals surface area contributed by atoms with Crippen molar-refractivity contribution < 1.29 is 27.5 Å². The van der Waals surface area contributed by atoms with E-state index in [1.807, 2.05) is 13.8 Å². The lowest BCUT2D eigenvalue weighted by atomic mass is 10.1. The summed E-state index contributed by atoms with van der Waals surface area (Å²) in [5, 5.41) is 2.61. The van der Waals surface area contributed by atoms with Crippen LogP contribution in [0.25, 0.3) is 0 Å². The van der Waals surface area contributed by atoms with Gasteiger partial charge >= 0.3 is 6.18 Å². The molecule has 2 amide bonds. The van der Waals surface area contributed by atoms with E-state index in [0.717, 1.165) is 0 Å². The van der Waals surface area contributed by atoms with Gasteiger partial charge in [0.2, 0.25) is 5.91 Å². The zero-order chi connectivity index (χ0) is 17.9. The van der Waals surface area contributed by atoms with Crippen LogP contribution in [0.5, 0.6) is 5.75 Å². The molecule has 132 valence electrons. The third kappa shape index (κ3) is 4.87. The Bertz CT molecular complexity index is 617. The third-order valence-corrected chi connectivity index (χ3v) is 3.41. The highest BCUT2D eigenvalue weighted by Gasteiger charge is 2.38. The summed E-state index contributed by atoms with van der Waals surface area (Å²) in [6.07, 6.45) is -4.73. The Morgan fingerprint density at radius 1 is 1.38 bits per heavy atom. The van der Waals surface area contributed by atoms with Crippen molar-refractivity contribution in [3.05, 3.63) is 29.8 Å². The van der Waals surface area contributed by atoms with E-state index in [2.05, 4.69) is 5.32 Å². The van der Waals surface area contributed by atoms with E-state index in [4.69, 9.17) is 4.74 Å². The fourth-order valence-electron chi connectivity index (χ4n) is 2.51. The molecular weight excluding hydrogens is 325 g/mol. The first-order valence-electron chi connectivity index (χ1n) is 7.57. The maximum Gasteiger partial charge on any atom is 0.406 e. The van der Waals surface area contributed by atoms with E-state index in [-0.39, 0.29) is 24.6 Å². The molecule has 1 atom stereocenters. The summed E-state index contributed by atoms with van der Waals surface area (Å²) in [4.78, 5) is 24.7. The van der Waals surface area contributed by atoms with Gasteiger partial charge in [-0.05, 0) is 26.0 Å². The Morgan fingerprint density at radius 2 is 2.04 bits per heavy atom. The number of carbonyl (C=O) groups is 2. The van der Waals surface area contributed by atoms with E-state index in [1.54, 1.807) is 24.3 Å². The molecule has 0 saturated carbocycles. The number of amides is 2. The molecule has 8 heteroatoms. The largest absolute Gasteiger partial charge is 0.490 e. The van der Waals surface area contributed by atoms with Crippen molar-refractivity contribution in [3.63, 3.8) is 0 Å². The summed E-state index contributed by atoms with van der Waals surface area (Å²) < 4.78 is 42.8. The van der Waals surface area contributed by atoms with Crippen LogP contribution in [0.3, 0.4) is 0 Å². The van der Waals surface area contributed by atoms with Crippen molar-refractivity contribution >= 4 is 11.8 Å². The van der Waals surface area contributed by atoms with Crippen LogP contribution in [0, 0.1) is 0 Å². The average Bonchev–Trinajstić information content (AvgIpc) is 2.76. The Hall–Kier alpha value is -2.25. The summed E-state index contributed by atoms with van der Waals surface area (Å²) in [6, 6.07) is 5.94. The normalized spacial score (nSPS) is 18.2. The van der Waals surface area contributed by atoms with Crippen LogP contribution in [0.4, 0.5) is 13.2 Å². The van der Waals surface area contributed by atoms with Crippen LogP contribution in [0.1, 0.15) is 30.6 Å². The van der Waals surface area contributed by atoms with Gasteiger partial charge in [0.05, 0.1) is 17.7 Å². The van der Waals surface area contributed by atoms with Crippen LogP contribution in [0.2, 0.25) is 0 Å². The molecule has 0 radical (unpaired) electrons. The van der Waals surface area contributed by atoms with E-state index >= 15 is 0 Å². The quantitative estimate of drug-likeness (QED) is 0.892.